The van der Waals surface area contributed by atoms with Crippen molar-refractivity contribution in [3.8, 4) is 0 Å². The number of nitrogens with two attached hydrogens (primary N) is 2. The first-order valence-corrected chi connectivity index (χ1v) is 8.43. The van der Waals surface area contributed by atoms with Crippen LogP contribution in [0.2, 0.25) is 0 Å². The number of ether oxygens (including phenoxy) is 1. The van der Waals surface area contributed by atoms with E-state index in [2.05, 4.69) is 5.32 Å². The van der Waals surface area contributed by atoms with Gasteiger partial charge in [-0.2, -0.15) is 0 Å². The van der Waals surface area contributed by atoms with Crippen molar-refractivity contribution in [2.24, 2.45) is 11.7 Å². The Balaban J connectivity index is 2.73. The summed E-state index contributed by atoms with van der Waals surface area (Å²) in [6.07, 6.45) is 0.393. The molecule has 0 radical (unpaired) electrons. The SMILES string of the molecule is CC(CN)COC(C)(C)CCNC(=O)c1c(F)c(F)c(N)c(P)c1F. The van der Waals surface area contributed by atoms with Crippen LogP contribution in [0.3, 0.4) is 0 Å². The Morgan fingerprint density at radius 2 is 1.88 bits per heavy atom. The van der Waals surface area contributed by atoms with Crippen molar-refractivity contribution in [2.75, 3.05) is 25.4 Å². The van der Waals surface area contributed by atoms with Gasteiger partial charge in [0.1, 0.15) is 11.4 Å². The van der Waals surface area contributed by atoms with E-state index < -0.39 is 40.2 Å². The number of carbonyl (C=O) groups is 1. The lowest BCUT2D eigenvalue weighted by atomic mass is 10.0. The van der Waals surface area contributed by atoms with Gasteiger partial charge in [-0.1, -0.05) is 6.92 Å². The van der Waals surface area contributed by atoms with E-state index in [-0.39, 0.29) is 17.8 Å². The Labute approximate surface area is 147 Å². The van der Waals surface area contributed by atoms with Crippen LogP contribution in [0.15, 0.2) is 0 Å². The summed E-state index contributed by atoms with van der Waals surface area (Å²) < 4.78 is 47.3. The van der Waals surface area contributed by atoms with Crippen molar-refractivity contribution in [3.05, 3.63) is 23.0 Å². The molecule has 0 aliphatic heterocycles. The maximum Gasteiger partial charge on any atom is 0.257 e. The molecule has 0 saturated carbocycles. The van der Waals surface area contributed by atoms with Gasteiger partial charge < -0.3 is 21.5 Å². The number of halogens is 3. The van der Waals surface area contributed by atoms with Crippen molar-refractivity contribution in [1.82, 2.24) is 5.32 Å². The molecule has 2 unspecified atom stereocenters. The molecule has 0 spiro atoms. The van der Waals surface area contributed by atoms with E-state index in [0.717, 1.165) is 0 Å². The Kier molecular flexibility index (Phi) is 7.65. The third kappa shape index (κ3) is 5.56. The summed E-state index contributed by atoms with van der Waals surface area (Å²) in [5.74, 6) is -5.12. The average molecular weight is 379 g/mol. The van der Waals surface area contributed by atoms with Crippen LogP contribution in [0, 0.1) is 23.4 Å². The number of nitrogens with one attached hydrogen (secondary N) is 1. The molecule has 5 N–H and O–H groups in total. The van der Waals surface area contributed by atoms with E-state index >= 15 is 0 Å². The van der Waals surface area contributed by atoms with Crippen LogP contribution in [0.1, 0.15) is 37.6 Å². The van der Waals surface area contributed by atoms with Crippen molar-refractivity contribution < 1.29 is 22.7 Å². The van der Waals surface area contributed by atoms with Crippen LogP contribution in [0.5, 0.6) is 0 Å². The normalized spacial score (nSPS) is 13.0. The molecule has 25 heavy (non-hydrogen) atoms. The first-order chi connectivity index (χ1) is 11.5. The summed E-state index contributed by atoms with van der Waals surface area (Å²) in [4.78, 5) is 12.0. The van der Waals surface area contributed by atoms with Crippen LogP contribution >= 0.6 is 9.24 Å². The van der Waals surface area contributed by atoms with E-state index in [1.54, 1.807) is 0 Å². The molecule has 2 atom stereocenters. The Bertz CT molecular complexity index is 613. The van der Waals surface area contributed by atoms with Crippen LogP contribution in [-0.2, 0) is 4.74 Å². The highest BCUT2D eigenvalue weighted by atomic mass is 31.0. The number of hydrogen-bond donors (Lipinski definition) is 3. The summed E-state index contributed by atoms with van der Waals surface area (Å²) in [5.41, 5.74) is 8.53. The molecule has 0 heterocycles. The Hall–Kier alpha value is -1.37. The molecule has 5 nitrogen and oxygen atoms in total. The monoisotopic (exact) mass is 379 g/mol. The van der Waals surface area contributed by atoms with Gasteiger partial charge in [0.25, 0.3) is 5.91 Å². The predicted molar refractivity (Wildman–Crippen MR) is 95.3 cm³/mol. The second kappa shape index (κ2) is 8.83. The Morgan fingerprint density at radius 3 is 2.44 bits per heavy atom. The quantitative estimate of drug-likeness (QED) is 0.364. The molecule has 9 heteroatoms. The highest BCUT2D eigenvalue weighted by Gasteiger charge is 2.27. The van der Waals surface area contributed by atoms with Gasteiger partial charge in [-0.3, -0.25) is 4.79 Å². The van der Waals surface area contributed by atoms with Gasteiger partial charge in [0.2, 0.25) is 0 Å². The first kappa shape index (κ1) is 21.7. The maximum atomic E-state index is 14.1. The fourth-order valence-corrected chi connectivity index (χ4v) is 2.24. The zero-order valence-electron chi connectivity index (χ0n) is 14.6. The van der Waals surface area contributed by atoms with Crippen molar-refractivity contribution in [3.63, 3.8) is 0 Å². The van der Waals surface area contributed by atoms with Crippen LogP contribution < -0.4 is 22.1 Å². The number of benzene rings is 1. The predicted octanol–water partition coefficient (Wildman–Crippen LogP) is 1.70. The van der Waals surface area contributed by atoms with Gasteiger partial charge in [0.05, 0.1) is 17.9 Å². The number of rotatable bonds is 8. The molecule has 0 saturated heterocycles. The number of anilines is 1. The zero-order chi connectivity index (χ0) is 19.4. The summed E-state index contributed by atoms with van der Waals surface area (Å²) in [7, 11) is 1.86. The van der Waals surface area contributed by atoms with Gasteiger partial charge in [0.15, 0.2) is 11.6 Å². The third-order valence-electron chi connectivity index (χ3n) is 3.80. The van der Waals surface area contributed by atoms with Gasteiger partial charge in [-0.15, -0.1) is 9.24 Å². The molecular weight excluding hydrogens is 354 g/mol. The second-order valence-corrected chi connectivity index (χ2v) is 7.14. The number of carbonyl (C=O) groups excluding carboxylic acids is 1. The third-order valence-corrected chi connectivity index (χ3v) is 4.36. The van der Waals surface area contributed by atoms with Crippen LogP contribution in [0.4, 0.5) is 18.9 Å². The summed E-state index contributed by atoms with van der Waals surface area (Å²) in [5, 5.41) is 1.99. The molecule has 0 aromatic heterocycles. The summed E-state index contributed by atoms with van der Waals surface area (Å²) in [6, 6.07) is 0. The minimum absolute atomic E-state index is 0.0971. The van der Waals surface area contributed by atoms with E-state index in [9.17, 15) is 18.0 Å². The Morgan fingerprint density at radius 1 is 1.28 bits per heavy atom. The number of hydrogen-bond acceptors (Lipinski definition) is 4. The molecule has 1 rings (SSSR count). The van der Waals surface area contributed by atoms with Gasteiger partial charge in [-0.05, 0) is 32.7 Å². The van der Waals surface area contributed by atoms with Crippen molar-refractivity contribution in [1.29, 1.82) is 0 Å². The lowest BCUT2D eigenvalue weighted by Gasteiger charge is -2.27. The van der Waals surface area contributed by atoms with Crippen molar-refractivity contribution in [2.45, 2.75) is 32.8 Å². The van der Waals surface area contributed by atoms with E-state index in [1.807, 2.05) is 30.0 Å². The molecule has 0 aliphatic carbocycles. The fourth-order valence-electron chi connectivity index (χ4n) is 1.97. The van der Waals surface area contributed by atoms with Gasteiger partial charge in [-0.25, -0.2) is 13.2 Å². The molecule has 0 aliphatic rings. The molecule has 1 aromatic carbocycles. The first-order valence-electron chi connectivity index (χ1n) is 7.85. The fraction of sp³-hybridized carbons (Fsp3) is 0.562. The molecule has 1 aromatic rings. The van der Waals surface area contributed by atoms with Gasteiger partial charge in [0, 0.05) is 11.8 Å². The highest BCUT2D eigenvalue weighted by molar-refractivity contribution is 7.28. The summed E-state index contributed by atoms with van der Waals surface area (Å²) in [6.45, 7) is 6.64. The van der Waals surface area contributed by atoms with Crippen LogP contribution in [-0.4, -0.2) is 31.2 Å². The minimum Gasteiger partial charge on any atom is -0.396 e. The minimum atomic E-state index is -1.61. The molecular formula is C16H25F3N3O2P. The highest BCUT2D eigenvalue weighted by Crippen LogP contribution is 2.22. The molecule has 142 valence electrons. The number of nitrogen functional groups attached to an aromatic ring is 1. The molecule has 1 amide bonds. The van der Waals surface area contributed by atoms with Crippen LogP contribution in [0.25, 0.3) is 0 Å². The largest absolute Gasteiger partial charge is 0.396 e. The molecule has 0 fully saturated rings. The van der Waals surface area contributed by atoms with Gasteiger partial charge >= 0.3 is 0 Å². The summed E-state index contributed by atoms with van der Waals surface area (Å²) >= 11 is 0. The lowest BCUT2D eigenvalue weighted by molar-refractivity contribution is -0.0362. The topological polar surface area (TPSA) is 90.4 Å². The van der Waals surface area contributed by atoms with E-state index in [0.29, 0.717) is 19.6 Å². The van der Waals surface area contributed by atoms with E-state index in [4.69, 9.17) is 16.2 Å². The lowest BCUT2D eigenvalue weighted by Crippen LogP contribution is -2.35. The molecule has 0 bridgehead atoms. The second-order valence-electron chi connectivity index (χ2n) is 6.56. The zero-order valence-corrected chi connectivity index (χ0v) is 15.7. The average Bonchev–Trinajstić information content (AvgIpc) is 2.56. The smallest absolute Gasteiger partial charge is 0.257 e. The standard InChI is InChI=1S/C16H25F3N3O2P/c1-8(6-20)7-24-16(2,3)4-5-22-15(23)9-10(17)12(19)13(21)14(25)11(9)18/h8H,4-7,20-21,25H2,1-3H3,(H,22,23). The number of amides is 1. The van der Waals surface area contributed by atoms with E-state index in [1.165, 1.54) is 0 Å². The van der Waals surface area contributed by atoms with Crippen molar-refractivity contribution >= 4 is 26.1 Å². The maximum absolute atomic E-state index is 14.1.